The molecule has 0 aromatic heterocycles. The Morgan fingerprint density at radius 1 is 1.45 bits per heavy atom. The van der Waals surface area contributed by atoms with Crippen LogP contribution in [0.15, 0.2) is 30.3 Å². The molecule has 0 spiro atoms. The predicted molar refractivity (Wildman–Crippen MR) is 83.8 cm³/mol. The zero-order valence-electron chi connectivity index (χ0n) is 12.2. The molecule has 4 heteroatoms. The van der Waals surface area contributed by atoms with Crippen molar-refractivity contribution in [3.05, 3.63) is 35.9 Å². The predicted octanol–water partition coefficient (Wildman–Crippen LogP) is 2.80. The third-order valence-corrected chi connectivity index (χ3v) is 4.62. The summed E-state index contributed by atoms with van der Waals surface area (Å²) in [6.07, 6.45) is 0. The van der Waals surface area contributed by atoms with Gasteiger partial charge in [0.15, 0.2) is 0 Å². The summed E-state index contributed by atoms with van der Waals surface area (Å²) in [6, 6.07) is 9.82. The van der Waals surface area contributed by atoms with E-state index in [4.69, 9.17) is 4.74 Å². The third-order valence-electron chi connectivity index (χ3n) is 3.48. The second-order valence-electron chi connectivity index (χ2n) is 5.44. The molecule has 0 bridgehead atoms. The van der Waals surface area contributed by atoms with Crippen LogP contribution in [0, 0.1) is 5.92 Å². The Balaban J connectivity index is 1.74. The minimum absolute atomic E-state index is 0.0611. The van der Waals surface area contributed by atoms with E-state index >= 15 is 0 Å². The van der Waals surface area contributed by atoms with Gasteiger partial charge >= 0.3 is 5.97 Å². The summed E-state index contributed by atoms with van der Waals surface area (Å²) in [5.41, 5.74) is 1.04. The Bertz CT molecular complexity index is 424. The van der Waals surface area contributed by atoms with E-state index in [-0.39, 0.29) is 11.9 Å². The first-order valence-corrected chi connectivity index (χ1v) is 8.24. The number of esters is 1. The van der Waals surface area contributed by atoms with E-state index in [9.17, 15) is 4.79 Å². The first-order valence-electron chi connectivity index (χ1n) is 7.19. The van der Waals surface area contributed by atoms with Gasteiger partial charge in [0.2, 0.25) is 0 Å². The van der Waals surface area contributed by atoms with Crippen LogP contribution in [-0.4, -0.2) is 41.5 Å². The van der Waals surface area contributed by atoms with E-state index in [1.807, 2.05) is 49.0 Å². The zero-order valence-corrected chi connectivity index (χ0v) is 13.1. The molecule has 3 nitrogen and oxygen atoms in total. The molecule has 0 radical (unpaired) electrons. The van der Waals surface area contributed by atoms with Gasteiger partial charge < -0.3 is 9.64 Å². The summed E-state index contributed by atoms with van der Waals surface area (Å²) < 4.78 is 5.39. The second-order valence-corrected chi connectivity index (χ2v) is 6.98. The molecule has 1 aliphatic rings. The number of rotatable bonds is 5. The van der Waals surface area contributed by atoms with Gasteiger partial charge in [-0.3, -0.25) is 4.79 Å². The molecule has 0 amide bonds. The van der Waals surface area contributed by atoms with Crippen molar-refractivity contribution in [3.8, 4) is 0 Å². The first-order chi connectivity index (χ1) is 9.65. The van der Waals surface area contributed by atoms with Crippen molar-refractivity contribution in [2.24, 2.45) is 5.92 Å². The molecule has 1 saturated heterocycles. The molecule has 2 unspecified atom stereocenters. The molecule has 2 atom stereocenters. The molecule has 1 fully saturated rings. The fourth-order valence-electron chi connectivity index (χ4n) is 2.39. The maximum absolute atomic E-state index is 12.0. The van der Waals surface area contributed by atoms with Crippen LogP contribution in [0.25, 0.3) is 0 Å². The van der Waals surface area contributed by atoms with E-state index in [0.717, 1.165) is 31.0 Å². The Kier molecular flexibility index (Phi) is 5.92. The van der Waals surface area contributed by atoms with E-state index in [1.165, 1.54) is 0 Å². The lowest BCUT2D eigenvalue weighted by molar-refractivity contribution is -0.149. The number of thioether (sulfide) groups is 1. The summed E-state index contributed by atoms with van der Waals surface area (Å²) in [6.45, 7) is 7.52. The van der Waals surface area contributed by atoms with Crippen molar-refractivity contribution in [1.29, 1.82) is 0 Å². The number of nitrogens with zero attached hydrogens (tertiary/aromatic N) is 1. The van der Waals surface area contributed by atoms with E-state index in [2.05, 4.69) is 11.8 Å². The second kappa shape index (κ2) is 7.70. The van der Waals surface area contributed by atoms with Crippen LogP contribution < -0.4 is 0 Å². The molecular formula is C16H23NO2S. The van der Waals surface area contributed by atoms with Crippen LogP contribution in [0.4, 0.5) is 0 Å². The molecule has 110 valence electrons. The quantitative estimate of drug-likeness (QED) is 0.781. The van der Waals surface area contributed by atoms with Crippen molar-refractivity contribution in [2.45, 2.75) is 25.7 Å². The molecule has 20 heavy (non-hydrogen) atoms. The molecule has 1 aromatic carbocycles. The van der Waals surface area contributed by atoms with E-state index < -0.39 is 0 Å². The van der Waals surface area contributed by atoms with Gasteiger partial charge in [-0.2, -0.15) is 11.8 Å². The molecule has 0 aliphatic carbocycles. The molecule has 1 heterocycles. The minimum Gasteiger partial charge on any atom is -0.461 e. The average molecular weight is 293 g/mol. The summed E-state index contributed by atoms with van der Waals surface area (Å²) in [5.74, 6) is 1.00. The van der Waals surface area contributed by atoms with Gasteiger partial charge in [-0.1, -0.05) is 44.2 Å². The lowest BCUT2D eigenvalue weighted by atomic mass is 10.1. The Hall–Kier alpha value is -1.00. The Labute approximate surface area is 125 Å². The van der Waals surface area contributed by atoms with Gasteiger partial charge in [0.05, 0.1) is 5.92 Å². The van der Waals surface area contributed by atoms with Crippen LogP contribution in [0.1, 0.15) is 19.4 Å². The molecule has 1 aliphatic heterocycles. The van der Waals surface area contributed by atoms with Crippen molar-refractivity contribution in [1.82, 2.24) is 4.90 Å². The summed E-state index contributed by atoms with van der Waals surface area (Å²) >= 11 is 2.01. The van der Waals surface area contributed by atoms with Gasteiger partial charge in [-0.25, -0.2) is 0 Å². The largest absolute Gasteiger partial charge is 0.461 e. The normalized spacial score (nSPS) is 21.4. The number of benzene rings is 1. The van der Waals surface area contributed by atoms with Crippen LogP contribution in [-0.2, 0) is 16.1 Å². The smallest absolute Gasteiger partial charge is 0.310 e. The van der Waals surface area contributed by atoms with Crippen molar-refractivity contribution < 1.29 is 9.53 Å². The highest BCUT2D eigenvalue weighted by molar-refractivity contribution is 7.99. The van der Waals surface area contributed by atoms with Crippen molar-refractivity contribution >= 4 is 17.7 Å². The minimum atomic E-state index is -0.0975. The van der Waals surface area contributed by atoms with Crippen LogP contribution in [0.5, 0.6) is 0 Å². The Morgan fingerprint density at radius 3 is 2.90 bits per heavy atom. The van der Waals surface area contributed by atoms with Gasteiger partial charge in [-0.05, 0) is 5.56 Å². The third kappa shape index (κ3) is 4.84. The maximum atomic E-state index is 12.0. The molecule has 0 saturated carbocycles. The van der Waals surface area contributed by atoms with Crippen molar-refractivity contribution in [3.63, 3.8) is 0 Å². The lowest BCUT2D eigenvalue weighted by Crippen LogP contribution is -2.40. The van der Waals surface area contributed by atoms with Crippen LogP contribution in [0.3, 0.4) is 0 Å². The average Bonchev–Trinajstić information content (AvgIpc) is 2.46. The standard InChI is InChI=1S/C16H23NO2S/c1-13(10-17-8-9-20-14(2)11-17)16(18)19-12-15-6-4-3-5-7-15/h3-7,13-14H,8-12H2,1-2H3. The highest BCUT2D eigenvalue weighted by Crippen LogP contribution is 2.19. The molecular weight excluding hydrogens is 270 g/mol. The zero-order chi connectivity index (χ0) is 14.4. The summed E-state index contributed by atoms with van der Waals surface area (Å²) in [5, 5.41) is 0.663. The fraction of sp³-hybridized carbons (Fsp3) is 0.562. The number of hydrogen-bond donors (Lipinski definition) is 0. The number of ether oxygens (including phenoxy) is 1. The van der Waals surface area contributed by atoms with Gasteiger partial charge in [0.25, 0.3) is 0 Å². The molecule has 1 aromatic rings. The SMILES string of the molecule is CC1CN(CC(C)C(=O)OCc2ccccc2)CCS1. The number of carbonyl (C=O) groups is 1. The lowest BCUT2D eigenvalue weighted by Gasteiger charge is -2.31. The van der Waals surface area contributed by atoms with Crippen LogP contribution in [0.2, 0.25) is 0 Å². The maximum Gasteiger partial charge on any atom is 0.310 e. The molecule has 2 rings (SSSR count). The summed E-state index contributed by atoms with van der Waals surface area (Å²) in [7, 11) is 0. The highest BCUT2D eigenvalue weighted by atomic mass is 32.2. The van der Waals surface area contributed by atoms with Crippen LogP contribution >= 0.6 is 11.8 Å². The number of hydrogen-bond acceptors (Lipinski definition) is 4. The van der Waals surface area contributed by atoms with Crippen molar-refractivity contribution in [2.75, 3.05) is 25.4 Å². The first kappa shape index (κ1) is 15.4. The van der Waals surface area contributed by atoms with E-state index in [1.54, 1.807) is 0 Å². The Morgan fingerprint density at radius 2 is 2.20 bits per heavy atom. The van der Waals surface area contributed by atoms with E-state index in [0.29, 0.717) is 11.9 Å². The van der Waals surface area contributed by atoms with Gasteiger partial charge in [-0.15, -0.1) is 0 Å². The molecule has 0 N–H and O–H groups in total. The number of carbonyl (C=O) groups excluding carboxylic acids is 1. The summed E-state index contributed by atoms with van der Waals surface area (Å²) in [4.78, 5) is 14.4. The highest BCUT2D eigenvalue weighted by Gasteiger charge is 2.22. The van der Waals surface area contributed by atoms with Gasteiger partial charge in [0.1, 0.15) is 6.61 Å². The monoisotopic (exact) mass is 293 g/mol. The van der Waals surface area contributed by atoms with Gasteiger partial charge in [0, 0.05) is 30.6 Å². The fourth-order valence-corrected chi connectivity index (χ4v) is 3.47. The topological polar surface area (TPSA) is 29.5 Å².